The first-order valence-electron chi connectivity index (χ1n) is 5.23. The van der Waals surface area contributed by atoms with Gasteiger partial charge in [0.2, 0.25) is 0 Å². The Morgan fingerprint density at radius 2 is 1.81 bits per heavy atom. The maximum atomic E-state index is 11.4. The Kier molecular flexibility index (Phi) is 5.54. The molecule has 1 N–H and O–H groups in total. The van der Waals surface area contributed by atoms with Gasteiger partial charge in [0.05, 0.1) is 5.75 Å². The van der Waals surface area contributed by atoms with Crippen molar-refractivity contribution in [3.8, 4) is 0 Å². The second-order valence-corrected chi connectivity index (χ2v) is 7.13. The molecule has 0 unspecified atom stereocenters. The highest BCUT2D eigenvalue weighted by molar-refractivity contribution is 14.1. The van der Waals surface area contributed by atoms with E-state index in [0.29, 0.717) is 13.0 Å². The number of anilines is 1. The van der Waals surface area contributed by atoms with Crippen LogP contribution in [0.1, 0.15) is 13.3 Å². The van der Waals surface area contributed by atoms with Gasteiger partial charge in [-0.25, -0.2) is 8.42 Å². The first kappa shape index (κ1) is 13.8. The summed E-state index contributed by atoms with van der Waals surface area (Å²) in [5.74, 6) is 0.480. The van der Waals surface area contributed by atoms with E-state index in [1.165, 1.54) is 3.57 Å². The highest BCUT2D eigenvalue weighted by atomic mass is 127. The zero-order chi connectivity index (χ0) is 12.0. The van der Waals surface area contributed by atoms with Crippen molar-refractivity contribution in [2.75, 3.05) is 23.4 Å². The van der Waals surface area contributed by atoms with Crippen LogP contribution in [0.5, 0.6) is 0 Å². The van der Waals surface area contributed by atoms with Crippen LogP contribution < -0.4 is 5.32 Å². The summed E-state index contributed by atoms with van der Waals surface area (Å²) in [6.45, 7) is 2.35. The summed E-state index contributed by atoms with van der Waals surface area (Å²) in [6, 6.07) is 7.88. The van der Waals surface area contributed by atoms with Crippen LogP contribution in [0.25, 0.3) is 0 Å². The van der Waals surface area contributed by atoms with E-state index in [2.05, 4.69) is 27.9 Å². The molecule has 0 spiro atoms. The maximum absolute atomic E-state index is 11.4. The highest BCUT2D eigenvalue weighted by Gasteiger charge is 2.08. The van der Waals surface area contributed by atoms with Crippen LogP contribution >= 0.6 is 22.6 Å². The van der Waals surface area contributed by atoms with Crippen molar-refractivity contribution >= 4 is 38.1 Å². The van der Waals surface area contributed by atoms with E-state index in [1.807, 2.05) is 31.2 Å². The number of hydrogen-bond acceptors (Lipinski definition) is 3. The van der Waals surface area contributed by atoms with Gasteiger partial charge < -0.3 is 5.32 Å². The smallest absolute Gasteiger partial charge is 0.152 e. The van der Waals surface area contributed by atoms with Crippen LogP contribution in [-0.2, 0) is 9.84 Å². The van der Waals surface area contributed by atoms with E-state index >= 15 is 0 Å². The zero-order valence-electron chi connectivity index (χ0n) is 9.24. The van der Waals surface area contributed by atoms with Gasteiger partial charge in [0, 0.05) is 21.6 Å². The normalized spacial score (nSPS) is 11.4. The van der Waals surface area contributed by atoms with Crippen molar-refractivity contribution in [3.63, 3.8) is 0 Å². The molecule has 0 amide bonds. The van der Waals surface area contributed by atoms with Crippen LogP contribution in [0.3, 0.4) is 0 Å². The lowest BCUT2D eigenvalue weighted by molar-refractivity contribution is 0.595. The third kappa shape index (κ3) is 5.16. The van der Waals surface area contributed by atoms with E-state index in [1.54, 1.807) is 0 Å². The van der Waals surface area contributed by atoms with Gasteiger partial charge in [0.1, 0.15) is 0 Å². The average Bonchev–Trinajstić information content (AvgIpc) is 2.20. The summed E-state index contributed by atoms with van der Waals surface area (Å²) in [6.07, 6.45) is 0.686. The van der Waals surface area contributed by atoms with Gasteiger partial charge in [-0.3, -0.25) is 0 Å². The molecule has 0 fully saturated rings. The van der Waals surface area contributed by atoms with E-state index in [0.717, 1.165) is 5.69 Å². The molecule has 0 bridgehead atoms. The average molecular weight is 353 g/mol. The summed E-state index contributed by atoms with van der Waals surface area (Å²) in [5.41, 5.74) is 0.965. The van der Waals surface area contributed by atoms with Gasteiger partial charge in [0.25, 0.3) is 0 Å². The van der Waals surface area contributed by atoms with Gasteiger partial charge in [-0.1, -0.05) is 6.92 Å². The molecule has 3 nitrogen and oxygen atoms in total. The lowest BCUT2D eigenvalue weighted by Gasteiger charge is -2.06. The Labute approximate surface area is 111 Å². The topological polar surface area (TPSA) is 46.2 Å². The van der Waals surface area contributed by atoms with Gasteiger partial charge in [-0.15, -0.1) is 0 Å². The third-order valence-electron chi connectivity index (χ3n) is 2.10. The minimum atomic E-state index is -2.87. The molecule has 16 heavy (non-hydrogen) atoms. The molecule has 0 aliphatic rings. The zero-order valence-corrected chi connectivity index (χ0v) is 12.2. The Balaban J connectivity index is 2.39. The maximum Gasteiger partial charge on any atom is 0.152 e. The first-order valence-corrected chi connectivity index (χ1v) is 8.13. The van der Waals surface area contributed by atoms with E-state index in [4.69, 9.17) is 0 Å². The molecule has 5 heteroatoms. The molecule has 0 aromatic heterocycles. The Hall–Kier alpha value is -0.300. The second-order valence-electron chi connectivity index (χ2n) is 3.59. The van der Waals surface area contributed by atoms with Crippen LogP contribution in [0.4, 0.5) is 5.69 Å². The SMILES string of the molecule is CCCS(=O)(=O)CCNc1ccc(I)cc1. The van der Waals surface area contributed by atoms with Gasteiger partial charge in [0.15, 0.2) is 9.84 Å². The number of rotatable bonds is 6. The van der Waals surface area contributed by atoms with E-state index < -0.39 is 9.84 Å². The summed E-state index contributed by atoms with van der Waals surface area (Å²) >= 11 is 2.23. The summed E-state index contributed by atoms with van der Waals surface area (Å²) in [5, 5.41) is 3.10. The van der Waals surface area contributed by atoms with Crippen LogP contribution in [0.2, 0.25) is 0 Å². The number of halogens is 1. The van der Waals surface area contributed by atoms with Crippen LogP contribution in [0, 0.1) is 3.57 Å². The van der Waals surface area contributed by atoms with Crippen molar-refractivity contribution in [3.05, 3.63) is 27.8 Å². The van der Waals surface area contributed by atoms with Gasteiger partial charge in [-0.05, 0) is 53.3 Å². The van der Waals surface area contributed by atoms with E-state index in [-0.39, 0.29) is 11.5 Å². The Bertz CT molecular complexity index is 414. The molecule has 1 rings (SSSR count). The molecule has 0 aliphatic heterocycles. The summed E-state index contributed by atoms with van der Waals surface area (Å²) < 4.78 is 24.0. The number of hydrogen-bond donors (Lipinski definition) is 1. The molecular weight excluding hydrogens is 337 g/mol. The molecule has 0 aliphatic carbocycles. The Morgan fingerprint density at radius 1 is 1.19 bits per heavy atom. The first-order chi connectivity index (χ1) is 7.53. The van der Waals surface area contributed by atoms with Gasteiger partial charge in [-0.2, -0.15) is 0 Å². The fourth-order valence-corrected chi connectivity index (χ4v) is 2.93. The molecule has 0 radical (unpaired) electrons. The van der Waals surface area contributed by atoms with Crippen molar-refractivity contribution in [1.29, 1.82) is 0 Å². The van der Waals surface area contributed by atoms with Crippen molar-refractivity contribution in [1.82, 2.24) is 0 Å². The molecule has 90 valence electrons. The number of nitrogens with one attached hydrogen (secondary N) is 1. The number of benzene rings is 1. The fraction of sp³-hybridized carbons (Fsp3) is 0.455. The largest absolute Gasteiger partial charge is 0.384 e. The predicted molar refractivity (Wildman–Crippen MR) is 76.6 cm³/mol. The molecular formula is C11H16INO2S. The quantitative estimate of drug-likeness (QED) is 0.800. The molecule has 1 aromatic rings. The van der Waals surface area contributed by atoms with Crippen LogP contribution in [-0.4, -0.2) is 26.5 Å². The van der Waals surface area contributed by atoms with E-state index in [9.17, 15) is 8.42 Å². The summed E-state index contributed by atoms with van der Waals surface area (Å²) in [4.78, 5) is 0. The van der Waals surface area contributed by atoms with Crippen molar-refractivity contribution in [2.24, 2.45) is 0 Å². The lowest BCUT2D eigenvalue weighted by Crippen LogP contribution is -2.18. The molecule has 1 aromatic carbocycles. The minimum Gasteiger partial charge on any atom is -0.384 e. The third-order valence-corrected chi connectivity index (χ3v) is 4.68. The molecule has 0 saturated heterocycles. The Morgan fingerprint density at radius 3 is 2.38 bits per heavy atom. The van der Waals surface area contributed by atoms with Crippen LogP contribution in [0.15, 0.2) is 24.3 Å². The van der Waals surface area contributed by atoms with Crippen molar-refractivity contribution in [2.45, 2.75) is 13.3 Å². The number of sulfone groups is 1. The molecule has 0 atom stereocenters. The highest BCUT2D eigenvalue weighted by Crippen LogP contribution is 2.10. The predicted octanol–water partition coefficient (Wildman–Crippen LogP) is 2.53. The van der Waals surface area contributed by atoms with Gasteiger partial charge >= 0.3 is 0 Å². The van der Waals surface area contributed by atoms with Crippen molar-refractivity contribution < 1.29 is 8.42 Å². The molecule has 0 saturated carbocycles. The fourth-order valence-electron chi connectivity index (χ4n) is 1.33. The minimum absolute atomic E-state index is 0.201. The second kappa shape index (κ2) is 6.44. The molecule has 0 heterocycles. The monoisotopic (exact) mass is 353 g/mol. The standard InChI is InChI=1S/C11H16INO2S/c1-2-8-16(14,15)9-7-13-11-5-3-10(12)4-6-11/h3-6,13H,2,7-9H2,1H3. The lowest BCUT2D eigenvalue weighted by atomic mass is 10.3. The summed E-state index contributed by atoms with van der Waals surface area (Å²) in [7, 11) is -2.87.